The maximum atomic E-state index is 12.2. The van der Waals surface area contributed by atoms with Gasteiger partial charge in [-0.1, -0.05) is 17.7 Å². The lowest BCUT2D eigenvalue weighted by molar-refractivity contribution is -0.139. The molecule has 3 rings (SSSR count). The maximum absolute atomic E-state index is 12.2. The van der Waals surface area contributed by atoms with Crippen LogP contribution >= 0.6 is 11.6 Å². The fourth-order valence-corrected chi connectivity index (χ4v) is 2.89. The summed E-state index contributed by atoms with van der Waals surface area (Å²) in [7, 11) is 0. The zero-order chi connectivity index (χ0) is 16.6. The smallest absolute Gasteiger partial charge is 0.320 e. The van der Waals surface area contributed by atoms with E-state index in [1.165, 1.54) is 0 Å². The van der Waals surface area contributed by atoms with Gasteiger partial charge in [0.25, 0.3) is 0 Å². The van der Waals surface area contributed by atoms with Crippen molar-refractivity contribution in [2.24, 2.45) is 0 Å². The van der Waals surface area contributed by atoms with E-state index in [2.05, 4.69) is 15.6 Å². The number of fused-ring (bicyclic) bond motifs is 1. The third kappa shape index (κ3) is 3.13. The molecule has 1 aliphatic rings. The molecule has 2 aromatic rings. The second-order valence-corrected chi connectivity index (χ2v) is 6.02. The molecule has 1 aliphatic heterocycles. The minimum atomic E-state index is -0.936. The van der Waals surface area contributed by atoms with Crippen molar-refractivity contribution in [3.05, 3.63) is 34.9 Å². The summed E-state index contributed by atoms with van der Waals surface area (Å²) in [5.74, 6) is -0.789. The number of hydrogen-bond acceptors (Lipinski definition) is 4. The number of halogens is 1. The van der Waals surface area contributed by atoms with Crippen LogP contribution in [-0.4, -0.2) is 34.1 Å². The lowest BCUT2D eigenvalue weighted by Gasteiger charge is -2.13. The van der Waals surface area contributed by atoms with Gasteiger partial charge in [0.15, 0.2) is 0 Å². The normalized spacial score (nSPS) is 20.6. The van der Waals surface area contributed by atoms with E-state index < -0.39 is 18.1 Å². The maximum Gasteiger partial charge on any atom is 0.320 e. The molecule has 0 unspecified atom stereocenters. The van der Waals surface area contributed by atoms with Crippen molar-refractivity contribution in [3.63, 3.8) is 0 Å². The average molecular weight is 334 g/mol. The highest BCUT2D eigenvalue weighted by Crippen LogP contribution is 2.25. The summed E-state index contributed by atoms with van der Waals surface area (Å²) in [4.78, 5) is 27.6. The number of aliphatic carboxylic acids is 1. The third-order valence-corrected chi connectivity index (χ3v) is 4.47. The summed E-state index contributed by atoms with van der Waals surface area (Å²) < 4.78 is 0. The predicted molar refractivity (Wildman–Crippen MR) is 87.7 cm³/mol. The summed E-state index contributed by atoms with van der Waals surface area (Å²) in [5, 5.41) is 16.1. The Morgan fingerprint density at radius 3 is 2.65 bits per heavy atom. The van der Waals surface area contributed by atoms with Crippen molar-refractivity contribution in [3.8, 4) is 0 Å². The molecule has 7 heteroatoms. The first-order valence-corrected chi connectivity index (χ1v) is 7.69. The first kappa shape index (κ1) is 15.7. The van der Waals surface area contributed by atoms with E-state index in [1.807, 2.05) is 25.1 Å². The number of benzene rings is 1. The van der Waals surface area contributed by atoms with Gasteiger partial charge in [-0.15, -0.1) is 0 Å². The van der Waals surface area contributed by atoms with Crippen LogP contribution in [0.3, 0.4) is 0 Å². The van der Waals surface area contributed by atoms with Crippen molar-refractivity contribution in [1.82, 2.24) is 10.3 Å². The molecule has 1 fully saturated rings. The molecule has 6 nitrogen and oxygen atoms in total. The highest BCUT2D eigenvalue weighted by atomic mass is 35.5. The summed E-state index contributed by atoms with van der Waals surface area (Å²) >= 11 is 6.10. The Bertz CT molecular complexity index is 793. The van der Waals surface area contributed by atoms with Gasteiger partial charge in [-0.3, -0.25) is 14.9 Å². The van der Waals surface area contributed by atoms with E-state index in [0.717, 1.165) is 16.5 Å². The third-order valence-electron chi connectivity index (χ3n) is 4.06. The lowest BCUT2D eigenvalue weighted by Crippen LogP contribution is -2.42. The minimum Gasteiger partial charge on any atom is -0.480 e. The van der Waals surface area contributed by atoms with Crippen LogP contribution in [0.25, 0.3) is 10.9 Å². The number of nitrogens with zero attached hydrogens (tertiary/aromatic N) is 1. The van der Waals surface area contributed by atoms with Crippen LogP contribution in [0, 0.1) is 6.92 Å². The lowest BCUT2D eigenvalue weighted by atomic mass is 10.1. The van der Waals surface area contributed by atoms with Gasteiger partial charge >= 0.3 is 5.97 Å². The van der Waals surface area contributed by atoms with Crippen molar-refractivity contribution < 1.29 is 14.7 Å². The number of amides is 1. The number of nitrogens with one attached hydrogen (secondary N) is 2. The number of hydrogen-bond donors (Lipinski definition) is 3. The van der Waals surface area contributed by atoms with Crippen molar-refractivity contribution in [1.29, 1.82) is 0 Å². The molecular weight excluding hydrogens is 318 g/mol. The van der Waals surface area contributed by atoms with Crippen molar-refractivity contribution in [2.75, 3.05) is 5.32 Å². The van der Waals surface area contributed by atoms with Gasteiger partial charge in [0.2, 0.25) is 5.91 Å². The molecule has 1 saturated heterocycles. The number of carboxylic acid groups (broad SMARTS) is 1. The second kappa shape index (κ2) is 6.14. The molecule has 2 atom stereocenters. The molecule has 120 valence electrons. The highest BCUT2D eigenvalue weighted by molar-refractivity contribution is 6.32. The van der Waals surface area contributed by atoms with E-state index in [0.29, 0.717) is 23.7 Å². The number of carbonyl (C=O) groups excluding carboxylic acids is 1. The van der Waals surface area contributed by atoms with Gasteiger partial charge < -0.3 is 10.4 Å². The SMILES string of the molecule is Cc1c(Cl)ccc2ccc(NC(=O)[C@@H]3CC[C@H](C(=O)O)N3)nc12. The van der Waals surface area contributed by atoms with E-state index in [-0.39, 0.29) is 5.91 Å². The van der Waals surface area contributed by atoms with E-state index >= 15 is 0 Å². The largest absolute Gasteiger partial charge is 0.480 e. The quantitative estimate of drug-likeness (QED) is 0.802. The molecular formula is C16H16ClN3O3. The van der Waals surface area contributed by atoms with Crippen LogP contribution < -0.4 is 10.6 Å². The average Bonchev–Trinajstić information content (AvgIpc) is 3.02. The molecule has 0 aliphatic carbocycles. The van der Waals surface area contributed by atoms with Gasteiger partial charge in [0.1, 0.15) is 11.9 Å². The number of pyridine rings is 1. The van der Waals surface area contributed by atoms with Crippen LogP contribution in [0.4, 0.5) is 5.82 Å². The van der Waals surface area contributed by atoms with Gasteiger partial charge in [-0.25, -0.2) is 4.98 Å². The van der Waals surface area contributed by atoms with E-state index in [4.69, 9.17) is 16.7 Å². The summed E-state index contributed by atoms with van der Waals surface area (Å²) in [6.45, 7) is 1.87. The Hall–Kier alpha value is -2.18. The van der Waals surface area contributed by atoms with Gasteiger partial charge in [-0.2, -0.15) is 0 Å². The van der Waals surface area contributed by atoms with Crippen LogP contribution in [-0.2, 0) is 9.59 Å². The van der Waals surface area contributed by atoms with E-state index in [9.17, 15) is 9.59 Å². The van der Waals surface area contributed by atoms with Crippen LogP contribution in [0.2, 0.25) is 5.02 Å². The zero-order valence-corrected chi connectivity index (χ0v) is 13.2. The number of aromatic nitrogens is 1. The highest BCUT2D eigenvalue weighted by Gasteiger charge is 2.33. The van der Waals surface area contributed by atoms with Crippen LogP contribution in [0.5, 0.6) is 0 Å². The Morgan fingerprint density at radius 2 is 1.96 bits per heavy atom. The number of anilines is 1. The molecule has 0 radical (unpaired) electrons. The Labute approximate surface area is 137 Å². The fraction of sp³-hybridized carbons (Fsp3) is 0.312. The second-order valence-electron chi connectivity index (χ2n) is 5.62. The molecule has 1 amide bonds. The molecule has 0 saturated carbocycles. The monoisotopic (exact) mass is 333 g/mol. The fourth-order valence-electron chi connectivity index (χ4n) is 2.73. The number of aryl methyl sites for hydroxylation is 1. The molecule has 0 spiro atoms. The van der Waals surface area contributed by atoms with Crippen molar-refractivity contribution >= 4 is 40.2 Å². The van der Waals surface area contributed by atoms with Crippen molar-refractivity contribution in [2.45, 2.75) is 31.8 Å². The standard InChI is InChI=1S/C16H16ClN3O3/c1-8-10(17)4-2-9-3-7-13(19-14(8)9)20-15(21)11-5-6-12(18-11)16(22)23/h2-4,7,11-12,18H,5-6H2,1H3,(H,22,23)(H,19,20,21)/t11-,12+/m0/s1. The molecule has 1 aromatic heterocycles. The Kier molecular flexibility index (Phi) is 4.19. The topological polar surface area (TPSA) is 91.3 Å². The minimum absolute atomic E-state index is 0.278. The van der Waals surface area contributed by atoms with Gasteiger partial charge in [0.05, 0.1) is 11.6 Å². The Morgan fingerprint density at radius 1 is 1.26 bits per heavy atom. The predicted octanol–water partition coefficient (Wildman–Crippen LogP) is 2.34. The first-order valence-electron chi connectivity index (χ1n) is 7.31. The summed E-state index contributed by atoms with van der Waals surface area (Å²) in [6, 6.07) is 6.08. The first-order chi connectivity index (χ1) is 11.0. The van der Waals surface area contributed by atoms with Gasteiger partial charge in [-0.05, 0) is 43.5 Å². The molecule has 1 aromatic carbocycles. The number of rotatable bonds is 3. The Balaban J connectivity index is 1.78. The number of carbonyl (C=O) groups is 2. The molecule has 2 heterocycles. The summed E-state index contributed by atoms with van der Waals surface area (Å²) in [6.07, 6.45) is 0.925. The molecule has 23 heavy (non-hydrogen) atoms. The molecule has 0 bridgehead atoms. The molecule has 3 N–H and O–H groups in total. The summed E-state index contributed by atoms with van der Waals surface area (Å²) in [5.41, 5.74) is 1.59. The van der Waals surface area contributed by atoms with Crippen LogP contribution in [0.1, 0.15) is 18.4 Å². The van der Waals surface area contributed by atoms with E-state index in [1.54, 1.807) is 6.07 Å². The van der Waals surface area contributed by atoms with Crippen LogP contribution in [0.15, 0.2) is 24.3 Å². The van der Waals surface area contributed by atoms with Gasteiger partial charge in [0, 0.05) is 10.4 Å². The number of carboxylic acids is 1. The zero-order valence-electron chi connectivity index (χ0n) is 12.5.